The van der Waals surface area contributed by atoms with Gasteiger partial charge < -0.3 is 14.8 Å². The summed E-state index contributed by atoms with van der Waals surface area (Å²) in [5, 5.41) is 9.67. The van der Waals surface area contributed by atoms with Gasteiger partial charge in [-0.2, -0.15) is 0 Å². The Balaban J connectivity index is 3.04. The van der Waals surface area contributed by atoms with Gasteiger partial charge in [0.25, 0.3) is 0 Å². The molecule has 4 heteroatoms. The average Bonchev–Trinajstić information content (AvgIpc) is 2.42. The number of esters is 1. The minimum absolute atomic E-state index is 0.0171. The van der Waals surface area contributed by atoms with Crippen molar-refractivity contribution in [3.63, 3.8) is 0 Å². The molecule has 1 aromatic rings. The summed E-state index contributed by atoms with van der Waals surface area (Å²) >= 11 is 0. The molecule has 1 aromatic heterocycles. The van der Waals surface area contributed by atoms with E-state index in [9.17, 15) is 9.90 Å². The molecule has 0 aliphatic carbocycles. The maximum absolute atomic E-state index is 11.3. The van der Waals surface area contributed by atoms with E-state index in [1.807, 2.05) is 13.8 Å². The van der Waals surface area contributed by atoms with Gasteiger partial charge in [0.2, 0.25) is 0 Å². The molecule has 0 saturated heterocycles. The van der Waals surface area contributed by atoms with Gasteiger partial charge in [-0.05, 0) is 20.3 Å². The predicted molar refractivity (Wildman–Crippen MR) is 52.5 cm³/mol. The Morgan fingerprint density at radius 2 is 2.14 bits per heavy atom. The molecule has 14 heavy (non-hydrogen) atoms. The van der Waals surface area contributed by atoms with Crippen molar-refractivity contribution < 1.29 is 14.6 Å². The summed E-state index contributed by atoms with van der Waals surface area (Å²) in [6.07, 6.45) is 0.688. The normalized spacial score (nSPS) is 10.2. The number of aromatic nitrogens is 1. The molecular weight excluding hydrogens is 182 g/mol. The highest BCUT2D eigenvalue weighted by atomic mass is 16.5. The van der Waals surface area contributed by atoms with E-state index in [4.69, 9.17) is 4.74 Å². The Hall–Kier alpha value is -1.45. The number of hydrogen-bond donors (Lipinski definition) is 2. The van der Waals surface area contributed by atoms with Crippen molar-refractivity contribution in [2.24, 2.45) is 0 Å². The van der Waals surface area contributed by atoms with Gasteiger partial charge >= 0.3 is 5.97 Å². The van der Waals surface area contributed by atoms with Crippen LogP contribution in [0.25, 0.3) is 0 Å². The van der Waals surface area contributed by atoms with Crippen LogP contribution in [0.15, 0.2) is 0 Å². The zero-order chi connectivity index (χ0) is 10.7. The molecule has 0 saturated carbocycles. The van der Waals surface area contributed by atoms with E-state index in [1.54, 1.807) is 6.92 Å². The smallest absolute Gasteiger partial charge is 0.358 e. The van der Waals surface area contributed by atoms with Crippen molar-refractivity contribution in [2.45, 2.75) is 27.2 Å². The number of ether oxygens (including phenoxy) is 1. The van der Waals surface area contributed by atoms with Crippen molar-refractivity contribution in [1.29, 1.82) is 0 Å². The van der Waals surface area contributed by atoms with Crippen molar-refractivity contribution in [2.75, 3.05) is 6.61 Å². The second kappa shape index (κ2) is 4.17. The Morgan fingerprint density at radius 1 is 1.50 bits per heavy atom. The highest BCUT2D eigenvalue weighted by Gasteiger charge is 2.19. The highest BCUT2D eigenvalue weighted by molar-refractivity contribution is 5.91. The third-order valence-corrected chi connectivity index (χ3v) is 2.12. The molecule has 4 nitrogen and oxygen atoms in total. The summed E-state index contributed by atoms with van der Waals surface area (Å²) in [6.45, 7) is 5.77. The summed E-state index contributed by atoms with van der Waals surface area (Å²) in [5.41, 5.74) is 1.74. The minimum Gasteiger partial charge on any atom is -0.505 e. The lowest BCUT2D eigenvalue weighted by molar-refractivity contribution is 0.0516. The summed E-state index contributed by atoms with van der Waals surface area (Å²) in [7, 11) is 0. The lowest BCUT2D eigenvalue weighted by Gasteiger charge is -1.99. The lowest BCUT2D eigenvalue weighted by atomic mass is 10.2. The number of carbonyl (C=O) groups is 1. The van der Waals surface area contributed by atoms with Crippen molar-refractivity contribution >= 4 is 5.97 Å². The van der Waals surface area contributed by atoms with Crippen LogP contribution in [0.4, 0.5) is 0 Å². The van der Waals surface area contributed by atoms with Crippen LogP contribution in [0.3, 0.4) is 0 Å². The molecule has 0 aliphatic heterocycles. The molecular formula is C10H15NO3. The number of rotatable bonds is 3. The Kier molecular flexibility index (Phi) is 3.17. The fraction of sp³-hybridized carbons (Fsp3) is 0.500. The van der Waals surface area contributed by atoms with Crippen LogP contribution >= 0.6 is 0 Å². The van der Waals surface area contributed by atoms with Crippen LogP contribution < -0.4 is 0 Å². The molecule has 1 rings (SSSR count). The molecule has 0 aliphatic rings. The van der Waals surface area contributed by atoms with Gasteiger partial charge in [0.05, 0.1) is 6.61 Å². The first-order chi connectivity index (χ1) is 6.61. The monoisotopic (exact) mass is 197 g/mol. The molecule has 0 amide bonds. The first kappa shape index (κ1) is 10.6. The van der Waals surface area contributed by atoms with Gasteiger partial charge in [-0.25, -0.2) is 4.79 Å². The molecule has 0 spiro atoms. The van der Waals surface area contributed by atoms with E-state index < -0.39 is 5.97 Å². The summed E-state index contributed by atoms with van der Waals surface area (Å²) in [5.74, 6) is -0.490. The second-order valence-electron chi connectivity index (χ2n) is 3.03. The zero-order valence-corrected chi connectivity index (χ0v) is 8.68. The molecule has 0 fully saturated rings. The van der Waals surface area contributed by atoms with Crippen molar-refractivity contribution in [3.8, 4) is 5.75 Å². The van der Waals surface area contributed by atoms with Gasteiger partial charge in [0, 0.05) is 11.3 Å². The molecule has 78 valence electrons. The molecule has 0 atom stereocenters. The fourth-order valence-corrected chi connectivity index (χ4v) is 1.43. The van der Waals surface area contributed by atoms with E-state index in [0.29, 0.717) is 13.0 Å². The standard InChI is InChI=1S/C10H15NO3/c1-4-7-6(3)11-8(9(7)12)10(13)14-5-2/h11-12H,4-5H2,1-3H3. The number of aromatic amines is 1. The van der Waals surface area contributed by atoms with E-state index >= 15 is 0 Å². The maximum Gasteiger partial charge on any atom is 0.358 e. The molecule has 0 bridgehead atoms. The first-order valence-electron chi connectivity index (χ1n) is 4.69. The Bertz CT molecular complexity index is 341. The maximum atomic E-state index is 11.3. The van der Waals surface area contributed by atoms with Crippen LogP contribution in [0.1, 0.15) is 35.6 Å². The van der Waals surface area contributed by atoms with Crippen molar-refractivity contribution in [3.05, 3.63) is 17.0 Å². The van der Waals surface area contributed by atoms with Crippen LogP contribution in [-0.4, -0.2) is 22.7 Å². The SMILES string of the molecule is CCOC(=O)c1[nH]c(C)c(CC)c1O. The number of hydrogen-bond acceptors (Lipinski definition) is 3. The zero-order valence-electron chi connectivity index (χ0n) is 8.68. The third kappa shape index (κ3) is 1.73. The highest BCUT2D eigenvalue weighted by Crippen LogP contribution is 2.26. The Labute approximate surface area is 82.9 Å². The number of nitrogens with one attached hydrogen (secondary N) is 1. The van der Waals surface area contributed by atoms with Crippen molar-refractivity contribution in [1.82, 2.24) is 4.98 Å². The van der Waals surface area contributed by atoms with E-state index in [-0.39, 0.29) is 11.4 Å². The number of aryl methyl sites for hydroxylation is 1. The minimum atomic E-state index is -0.507. The van der Waals surface area contributed by atoms with Crippen LogP contribution in [0.5, 0.6) is 5.75 Å². The largest absolute Gasteiger partial charge is 0.505 e. The summed E-state index contributed by atoms with van der Waals surface area (Å²) in [6, 6.07) is 0. The van der Waals surface area contributed by atoms with Gasteiger partial charge in [-0.15, -0.1) is 0 Å². The quantitative estimate of drug-likeness (QED) is 0.726. The van der Waals surface area contributed by atoms with Gasteiger partial charge in [0.15, 0.2) is 11.4 Å². The predicted octanol–water partition coefficient (Wildman–Crippen LogP) is 1.77. The average molecular weight is 197 g/mol. The van der Waals surface area contributed by atoms with Crippen LogP contribution in [-0.2, 0) is 11.2 Å². The molecule has 1 heterocycles. The van der Waals surface area contributed by atoms with Crippen LogP contribution in [0, 0.1) is 6.92 Å². The summed E-state index contributed by atoms with van der Waals surface area (Å²) in [4.78, 5) is 14.2. The van der Waals surface area contributed by atoms with Gasteiger partial charge in [-0.3, -0.25) is 0 Å². The lowest BCUT2D eigenvalue weighted by Crippen LogP contribution is -2.05. The van der Waals surface area contributed by atoms with Gasteiger partial charge in [-0.1, -0.05) is 6.92 Å². The van der Waals surface area contributed by atoms with E-state index in [1.165, 1.54) is 0 Å². The summed E-state index contributed by atoms with van der Waals surface area (Å²) < 4.78 is 4.79. The third-order valence-electron chi connectivity index (χ3n) is 2.12. The number of H-pyrrole nitrogens is 1. The van der Waals surface area contributed by atoms with E-state index in [2.05, 4.69) is 4.98 Å². The number of carbonyl (C=O) groups excluding carboxylic acids is 1. The van der Waals surface area contributed by atoms with Gasteiger partial charge in [0.1, 0.15) is 0 Å². The van der Waals surface area contributed by atoms with E-state index in [0.717, 1.165) is 11.3 Å². The molecule has 0 unspecified atom stereocenters. The topological polar surface area (TPSA) is 62.3 Å². The Morgan fingerprint density at radius 3 is 2.57 bits per heavy atom. The second-order valence-corrected chi connectivity index (χ2v) is 3.03. The molecule has 0 radical (unpaired) electrons. The number of aromatic hydroxyl groups is 1. The first-order valence-corrected chi connectivity index (χ1v) is 4.69. The molecule has 0 aromatic carbocycles. The fourth-order valence-electron chi connectivity index (χ4n) is 1.43. The van der Waals surface area contributed by atoms with Crippen LogP contribution in [0.2, 0.25) is 0 Å². The molecule has 2 N–H and O–H groups in total.